The lowest BCUT2D eigenvalue weighted by atomic mass is 9.70. The van der Waals surface area contributed by atoms with Crippen LogP contribution in [-0.2, 0) is 13.0 Å². The summed E-state index contributed by atoms with van der Waals surface area (Å²) in [4.78, 5) is 4.49. The maximum Gasteiger partial charge on any atom is 0.138 e. The maximum absolute atomic E-state index is 4.49. The van der Waals surface area contributed by atoms with Crippen LogP contribution in [0.5, 0.6) is 0 Å². The Morgan fingerprint density at radius 3 is 2.67 bits per heavy atom. The van der Waals surface area contributed by atoms with E-state index in [1.807, 2.05) is 0 Å². The van der Waals surface area contributed by atoms with E-state index in [9.17, 15) is 0 Å². The molecular weight excluding hydrogens is 260 g/mol. The zero-order chi connectivity index (χ0) is 15.3. The molecule has 1 aromatic heterocycles. The van der Waals surface area contributed by atoms with Gasteiger partial charge in [-0.2, -0.15) is 5.10 Å². The van der Waals surface area contributed by atoms with Gasteiger partial charge in [0.1, 0.15) is 12.2 Å². The van der Waals surface area contributed by atoms with Crippen LogP contribution in [0.4, 0.5) is 0 Å². The fourth-order valence-electron chi connectivity index (χ4n) is 3.53. The number of rotatable bonds is 7. The highest BCUT2D eigenvalue weighted by molar-refractivity contribution is 4.94. The van der Waals surface area contributed by atoms with Crippen LogP contribution in [0.3, 0.4) is 0 Å². The normalized spacial score (nSPS) is 20.6. The first-order valence-electron chi connectivity index (χ1n) is 8.66. The van der Waals surface area contributed by atoms with E-state index in [-0.39, 0.29) is 0 Å². The van der Waals surface area contributed by atoms with E-state index >= 15 is 0 Å². The third-order valence-electron chi connectivity index (χ3n) is 4.95. The molecule has 1 fully saturated rings. The van der Waals surface area contributed by atoms with Gasteiger partial charge in [-0.15, -0.1) is 0 Å². The minimum Gasteiger partial charge on any atom is -0.314 e. The quantitative estimate of drug-likeness (QED) is 0.837. The molecule has 0 spiro atoms. The van der Waals surface area contributed by atoms with Gasteiger partial charge in [-0.25, -0.2) is 4.98 Å². The third kappa shape index (κ3) is 4.53. The molecule has 0 radical (unpaired) electrons. The molecule has 0 aliphatic heterocycles. The second-order valence-electron chi connectivity index (χ2n) is 7.27. The fourth-order valence-corrected chi connectivity index (χ4v) is 3.53. The van der Waals surface area contributed by atoms with Crippen molar-refractivity contribution in [2.24, 2.45) is 11.3 Å². The molecule has 1 atom stereocenters. The Morgan fingerprint density at radius 1 is 1.33 bits per heavy atom. The van der Waals surface area contributed by atoms with Gasteiger partial charge in [0.2, 0.25) is 0 Å². The van der Waals surface area contributed by atoms with Crippen LogP contribution in [0.25, 0.3) is 0 Å². The Labute approximate surface area is 129 Å². The molecule has 1 aliphatic carbocycles. The highest BCUT2D eigenvalue weighted by Crippen LogP contribution is 2.39. The smallest absolute Gasteiger partial charge is 0.138 e. The molecule has 1 heterocycles. The van der Waals surface area contributed by atoms with Crippen molar-refractivity contribution in [3.8, 4) is 0 Å². The van der Waals surface area contributed by atoms with E-state index in [1.54, 1.807) is 6.33 Å². The Kier molecular flexibility index (Phi) is 5.80. The van der Waals surface area contributed by atoms with Gasteiger partial charge < -0.3 is 5.32 Å². The Bertz CT molecular complexity index is 414. The highest BCUT2D eigenvalue weighted by Gasteiger charge is 2.31. The van der Waals surface area contributed by atoms with Gasteiger partial charge in [0.05, 0.1) is 0 Å². The second kappa shape index (κ2) is 7.39. The number of likely N-dealkylation sites (N-methyl/N-ethyl adjacent to an activating group) is 1. The van der Waals surface area contributed by atoms with Gasteiger partial charge in [-0.05, 0) is 50.0 Å². The lowest BCUT2D eigenvalue weighted by Gasteiger charge is -2.38. The van der Waals surface area contributed by atoms with Gasteiger partial charge in [-0.3, -0.25) is 4.68 Å². The first-order chi connectivity index (χ1) is 10.1. The van der Waals surface area contributed by atoms with Crippen molar-refractivity contribution in [1.82, 2.24) is 20.1 Å². The van der Waals surface area contributed by atoms with E-state index in [2.05, 4.69) is 47.8 Å². The lowest BCUT2D eigenvalue weighted by Crippen LogP contribution is -2.41. The molecule has 1 N–H and O–H groups in total. The van der Waals surface area contributed by atoms with Crippen LogP contribution in [0.2, 0.25) is 0 Å². The molecule has 21 heavy (non-hydrogen) atoms. The molecule has 1 aliphatic rings. The maximum atomic E-state index is 4.49. The zero-order valence-electron chi connectivity index (χ0n) is 14.2. The first-order valence-corrected chi connectivity index (χ1v) is 8.66. The molecule has 0 bridgehead atoms. The van der Waals surface area contributed by atoms with E-state index in [4.69, 9.17) is 0 Å². The van der Waals surface area contributed by atoms with Gasteiger partial charge in [0.15, 0.2) is 0 Å². The predicted molar refractivity (Wildman–Crippen MR) is 87.2 cm³/mol. The summed E-state index contributed by atoms with van der Waals surface area (Å²) in [5.74, 6) is 1.93. The van der Waals surface area contributed by atoms with Crippen molar-refractivity contribution < 1.29 is 0 Å². The van der Waals surface area contributed by atoms with Gasteiger partial charge in [0, 0.05) is 19.0 Å². The van der Waals surface area contributed by atoms with Crippen molar-refractivity contribution in [1.29, 1.82) is 0 Å². The molecule has 0 amide bonds. The van der Waals surface area contributed by atoms with Crippen LogP contribution in [0.15, 0.2) is 6.33 Å². The number of nitrogens with one attached hydrogen (secondary N) is 1. The highest BCUT2D eigenvalue weighted by atomic mass is 15.3. The molecule has 1 saturated carbocycles. The van der Waals surface area contributed by atoms with E-state index in [0.717, 1.165) is 37.7 Å². The molecule has 1 unspecified atom stereocenters. The standard InChI is InChI=1S/C17H32N4/c1-5-11-21-16(19-13-20-21)12-15(18-6-2)14-7-9-17(3,4)10-8-14/h13-15,18H,5-12H2,1-4H3. The number of nitrogens with zero attached hydrogens (tertiary/aromatic N) is 3. The van der Waals surface area contributed by atoms with Crippen molar-refractivity contribution in [3.63, 3.8) is 0 Å². The average Bonchev–Trinajstić information content (AvgIpc) is 2.86. The summed E-state index contributed by atoms with van der Waals surface area (Å²) in [7, 11) is 0. The topological polar surface area (TPSA) is 42.7 Å². The number of hydrogen-bond donors (Lipinski definition) is 1. The SMILES string of the molecule is CCCn1ncnc1CC(NCC)C1CCC(C)(C)CC1. The van der Waals surface area contributed by atoms with Gasteiger partial charge in [0.25, 0.3) is 0 Å². The minimum absolute atomic E-state index is 0.537. The minimum atomic E-state index is 0.537. The summed E-state index contributed by atoms with van der Waals surface area (Å²) in [6.07, 6.45) is 9.21. The summed E-state index contributed by atoms with van der Waals surface area (Å²) in [5.41, 5.74) is 0.537. The summed E-state index contributed by atoms with van der Waals surface area (Å²) in [5, 5.41) is 8.07. The predicted octanol–water partition coefficient (Wildman–Crippen LogP) is 3.43. The lowest BCUT2D eigenvalue weighted by molar-refractivity contribution is 0.160. The third-order valence-corrected chi connectivity index (χ3v) is 4.95. The van der Waals surface area contributed by atoms with Crippen LogP contribution >= 0.6 is 0 Å². The molecule has 0 saturated heterocycles. The second-order valence-corrected chi connectivity index (χ2v) is 7.27. The van der Waals surface area contributed by atoms with Crippen molar-refractivity contribution in [2.75, 3.05) is 6.54 Å². The van der Waals surface area contributed by atoms with E-state index in [1.165, 1.54) is 25.7 Å². The largest absolute Gasteiger partial charge is 0.314 e. The van der Waals surface area contributed by atoms with E-state index in [0.29, 0.717) is 11.5 Å². The van der Waals surface area contributed by atoms with Crippen LogP contribution in [-0.4, -0.2) is 27.4 Å². The summed E-state index contributed by atoms with van der Waals surface area (Å²) >= 11 is 0. The first kappa shape index (κ1) is 16.5. The molecule has 120 valence electrons. The monoisotopic (exact) mass is 292 g/mol. The number of hydrogen-bond acceptors (Lipinski definition) is 3. The van der Waals surface area contributed by atoms with Crippen molar-refractivity contribution in [2.45, 2.75) is 78.8 Å². The molecule has 4 heteroatoms. The molecule has 1 aromatic rings. The van der Waals surface area contributed by atoms with Crippen LogP contribution in [0.1, 0.15) is 65.6 Å². The van der Waals surface area contributed by atoms with E-state index < -0.39 is 0 Å². The molecule has 4 nitrogen and oxygen atoms in total. The fraction of sp³-hybridized carbons (Fsp3) is 0.882. The molecule has 0 aromatic carbocycles. The van der Waals surface area contributed by atoms with Crippen molar-refractivity contribution >= 4 is 0 Å². The Hall–Kier alpha value is -0.900. The Morgan fingerprint density at radius 2 is 2.05 bits per heavy atom. The van der Waals surface area contributed by atoms with Gasteiger partial charge >= 0.3 is 0 Å². The van der Waals surface area contributed by atoms with Crippen molar-refractivity contribution in [3.05, 3.63) is 12.2 Å². The molecule has 2 rings (SSSR count). The molecular formula is C17H32N4. The van der Waals surface area contributed by atoms with Crippen LogP contribution < -0.4 is 5.32 Å². The van der Waals surface area contributed by atoms with Gasteiger partial charge in [-0.1, -0.05) is 27.7 Å². The number of aryl methyl sites for hydroxylation is 1. The zero-order valence-corrected chi connectivity index (χ0v) is 14.2. The Balaban J connectivity index is 2.00. The average molecular weight is 292 g/mol. The van der Waals surface area contributed by atoms with Crippen LogP contribution in [0, 0.1) is 11.3 Å². The summed E-state index contributed by atoms with van der Waals surface area (Å²) < 4.78 is 2.08. The summed E-state index contributed by atoms with van der Waals surface area (Å²) in [6, 6.07) is 0.547. The summed E-state index contributed by atoms with van der Waals surface area (Å²) in [6.45, 7) is 11.2. The number of aromatic nitrogens is 3.